The summed E-state index contributed by atoms with van der Waals surface area (Å²) in [7, 11) is 0. The van der Waals surface area contributed by atoms with Gasteiger partial charge in [-0.1, -0.05) is 48.0 Å². The normalized spacial score (nSPS) is 17.3. The molecule has 2 heterocycles. The first kappa shape index (κ1) is 14.7. The molecule has 2 aromatic carbocycles. The predicted molar refractivity (Wildman–Crippen MR) is 101 cm³/mol. The number of hydrogen-bond donors (Lipinski definition) is 0. The summed E-state index contributed by atoms with van der Waals surface area (Å²) in [6, 6.07) is 21.7. The average Bonchev–Trinajstić information content (AvgIpc) is 3.03. The molecule has 0 spiro atoms. The molecular formula is C20H17NS2. The van der Waals surface area contributed by atoms with Crippen LogP contribution in [0.2, 0.25) is 0 Å². The molecule has 1 aromatic heterocycles. The molecule has 114 valence electrons. The minimum atomic E-state index is 0.403. The summed E-state index contributed by atoms with van der Waals surface area (Å²) in [6.45, 7) is 2.14. The van der Waals surface area contributed by atoms with E-state index in [0.717, 1.165) is 12.1 Å². The van der Waals surface area contributed by atoms with Gasteiger partial charge >= 0.3 is 0 Å². The topological polar surface area (TPSA) is 12.4 Å². The van der Waals surface area contributed by atoms with Crippen molar-refractivity contribution in [2.75, 3.05) is 0 Å². The van der Waals surface area contributed by atoms with Crippen molar-refractivity contribution in [3.05, 3.63) is 82.0 Å². The monoisotopic (exact) mass is 335 g/mol. The maximum Gasteiger partial charge on any atom is 0.0769 e. The average molecular weight is 335 g/mol. The summed E-state index contributed by atoms with van der Waals surface area (Å²) < 4.78 is 0. The Morgan fingerprint density at radius 2 is 1.78 bits per heavy atom. The van der Waals surface area contributed by atoms with Crippen LogP contribution in [0.5, 0.6) is 0 Å². The fraction of sp³-hybridized carbons (Fsp3) is 0.150. The van der Waals surface area contributed by atoms with Gasteiger partial charge in [0.15, 0.2) is 0 Å². The van der Waals surface area contributed by atoms with Crippen molar-refractivity contribution >= 4 is 34.5 Å². The Labute approximate surface area is 145 Å². The van der Waals surface area contributed by atoms with Crippen LogP contribution in [0.4, 0.5) is 5.69 Å². The van der Waals surface area contributed by atoms with Crippen LogP contribution < -0.4 is 0 Å². The third-order valence-electron chi connectivity index (χ3n) is 4.02. The second-order valence-corrected chi connectivity index (χ2v) is 7.92. The standard InChI is InChI=1S/C20H17NS2/c1-14-8-10-15(11-9-14)20-13-17(18-7-4-12-22-18)21-16-5-2-3-6-19(16)23-20/h2-12,20H,13H2,1H3/t20-/m0/s1. The van der Waals surface area contributed by atoms with Gasteiger partial charge in [0.1, 0.15) is 0 Å². The molecule has 4 rings (SSSR count). The van der Waals surface area contributed by atoms with E-state index in [1.165, 1.54) is 26.6 Å². The molecule has 3 aromatic rings. The first-order valence-electron chi connectivity index (χ1n) is 7.73. The zero-order chi connectivity index (χ0) is 15.6. The Balaban J connectivity index is 1.78. The van der Waals surface area contributed by atoms with E-state index in [2.05, 4.69) is 73.0 Å². The van der Waals surface area contributed by atoms with Gasteiger partial charge in [0, 0.05) is 21.4 Å². The van der Waals surface area contributed by atoms with Gasteiger partial charge < -0.3 is 0 Å². The van der Waals surface area contributed by atoms with E-state index in [1.807, 2.05) is 11.8 Å². The van der Waals surface area contributed by atoms with Crippen LogP contribution in [0.15, 0.2) is 75.9 Å². The molecule has 3 heteroatoms. The van der Waals surface area contributed by atoms with Gasteiger partial charge in [-0.2, -0.15) is 0 Å². The van der Waals surface area contributed by atoms with E-state index in [0.29, 0.717) is 5.25 Å². The minimum Gasteiger partial charge on any atom is -0.251 e. The van der Waals surface area contributed by atoms with E-state index in [1.54, 1.807) is 11.3 Å². The molecular weight excluding hydrogens is 318 g/mol. The summed E-state index contributed by atoms with van der Waals surface area (Å²) in [6.07, 6.45) is 0.961. The number of aliphatic imine (C=N–C) groups is 1. The highest BCUT2D eigenvalue weighted by molar-refractivity contribution is 7.99. The summed E-state index contributed by atoms with van der Waals surface area (Å²) in [5.41, 5.74) is 4.97. The van der Waals surface area contributed by atoms with Gasteiger partial charge in [-0.3, -0.25) is 4.99 Å². The Kier molecular flexibility index (Phi) is 4.06. The third kappa shape index (κ3) is 3.12. The van der Waals surface area contributed by atoms with Crippen LogP contribution in [0.25, 0.3) is 0 Å². The number of thioether (sulfide) groups is 1. The van der Waals surface area contributed by atoms with E-state index in [9.17, 15) is 0 Å². The number of thiophene rings is 1. The molecule has 0 saturated carbocycles. The molecule has 1 aliphatic rings. The summed E-state index contributed by atoms with van der Waals surface area (Å²) in [5, 5.41) is 2.53. The molecule has 0 bridgehead atoms. The highest BCUT2D eigenvalue weighted by Gasteiger charge is 2.22. The lowest BCUT2D eigenvalue weighted by atomic mass is 10.0. The van der Waals surface area contributed by atoms with Crippen LogP contribution in [-0.4, -0.2) is 5.71 Å². The highest BCUT2D eigenvalue weighted by atomic mass is 32.2. The first-order valence-corrected chi connectivity index (χ1v) is 9.49. The molecule has 23 heavy (non-hydrogen) atoms. The van der Waals surface area contributed by atoms with Crippen LogP contribution in [0.1, 0.15) is 27.7 Å². The minimum absolute atomic E-state index is 0.403. The van der Waals surface area contributed by atoms with Crippen LogP contribution in [0.3, 0.4) is 0 Å². The number of benzene rings is 2. The second-order valence-electron chi connectivity index (χ2n) is 5.72. The van der Waals surface area contributed by atoms with Crippen molar-refractivity contribution < 1.29 is 0 Å². The number of hydrogen-bond acceptors (Lipinski definition) is 3. The zero-order valence-corrected chi connectivity index (χ0v) is 14.5. The van der Waals surface area contributed by atoms with E-state index >= 15 is 0 Å². The lowest BCUT2D eigenvalue weighted by molar-refractivity contribution is 1.01. The number of para-hydroxylation sites is 1. The molecule has 0 saturated heterocycles. The highest BCUT2D eigenvalue weighted by Crippen LogP contribution is 2.45. The third-order valence-corrected chi connectivity index (χ3v) is 6.26. The number of nitrogens with zero attached hydrogens (tertiary/aromatic N) is 1. The van der Waals surface area contributed by atoms with Gasteiger partial charge in [-0.25, -0.2) is 0 Å². The Morgan fingerprint density at radius 1 is 0.957 bits per heavy atom. The van der Waals surface area contributed by atoms with Crippen molar-refractivity contribution in [1.29, 1.82) is 0 Å². The van der Waals surface area contributed by atoms with Gasteiger partial charge in [-0.05, 0) is 36.1 Å². The molecule has 0 aliphatic carbocycles. The molecule has 0 radical (unpaired) electrons. The number of fused-ring (bicyclic) bond motifs is 1. The quantitative estimate of drug-likeness (QED) is 0.527. The summed E-state index contributed by atoms with van der Waals surface area (Å²) >= 11 is 3.70. The molecule has 0 N–H and O–H groups in total. The fourth-order valence-corrected chi connectivity index (χ4v) is 4.73. The summed E-state index contributed by atoms with van der Waals surface area (Å²) in [5.74, 6) is 0. The fourth-order valence-electron chi connectivity index (χ4n) is 2.78. The van der Waals surface area contributed by atoms with Crippen LogP contribution in [-0.2, 0) is 0 Å². The number of aryl methyl sites for hydroxylation is 1. The lowest BCUT2D eigenvalue weighted by Crippen LogP contribution is -2.03. The van der Waals surface area contributed by atoms with Crippen molar-refractivity contribution in [3.8, 4) is 0 Å². The Hall–Kier alpha value is -1.84. The predicted octanol–water partition coefficient (Wildman–Crippen LogP) is 6.41. The molecule has 0 unspecified atom stereocenters. The van der Waals surface area contributed by atoms with Crippen molar-refractivity contribution in [2.24, 2.45) is 4.99 Å². The SMILES string of the molecule is Cc1ccc([C@@H]2CC(c3cccs3)=Nc3ccccc3S2)cc1. The smallest absolute Gasteiger partial charge is 0.0769 e. The molecule has 0 fully saturated rings. The Morgan fingerprint density at radius 3 is 2.57 bits per heavy atom. The molecule has 1 nitrogen and oxygen atoms in total. The van der Waals surface area contributed by atoms with Gasteiger partial charge in [0.05, 0.1) is 11.4 Å². The first-order chi connectivity index (χ1) is 11.3. The Bertz CT molecular complexity index is 832. The van der Waals surface area contributed by atoms with E-state index in [-0.39, 0.29) is 0 Å². The largest absolute Gasteiger partial charge is 0.251 e. The van der Waals surface area contributed by atoms with Crippen molar-refractivity contribution in [1.82, 2.24) is 0 Å². The van der Waals surface area contributed by atoms with Gasteiger partial charge in [-0.15, -0.1) is 23.1 Å². The molecule has 0 amide bonds. The van der Waals surface area contributed by atoms with E-state index < -0.39 is 0 Å². The second kappa shape index (κ2) is 6.34. The number of rotatable bonds is 2. The van der Waals surface area contributed by atoms with Crippen molar-refractivity contribution in [3.63, 3.8) is 0 Å². The maximum atomic E-state index is 4.98. The van der Waals surface area contributed by atoms with E-state index in [4.69, 9.17) is 4.99 Å². The zero-order valence-electron chi connectivity index (χ0n) is 12.9. The lowest BCUT2D eigenvalue weighted by Gasteiger charge is -2.16. The van der Waals surface area contributed by atoms with Gasteiger partial charge in [0.2, 0.25) is 0 Å². The van der Waals surface area contributed by atoms with Gasteiger partial charge in [0.25, 0.3) is 0 Å². The molecule has 1 atom stereocenters. The van der Waals surface area contributed by atoms with Crippen LogP contribution >= 0.6 is 23.1 Å². The van der Waals surface area contributed by atoms with Crippen LogP contribution in [0, 0.1) is 6.92 Å². The summed E-state index contributed by atoms with van der Waals surface area (Å²) in [4.78, 5) is 7.53. The molecule has 1 aliphatic heterocycles. The van der Waals surface area contributed by atoms with Crippen molar-refractivity contribution in [2.45, 2.75) is 23.5 Å². The maximum absolute atomic E-state index is 4.98.